The van der Waals surface area contributed by atoms with Crippen molar-refractivity contribution in [1.82, 2.24) is 10.2 Å². The fraction of sp³-hybridized carbons (Fsp3) is 1.00. The van der Waals surface area contributed by atoms with Crippen LogP contribution in [0.3, 0.4) is 0 Å². The quantitative estimate of drug-likeness (QED) is 0.740. The summed E-state index contributed by atoms with van der Waals surface area (Å²) in [6.45, 7) is 4.79. The van der Waals surface area contributed by atoms with E-state index in [1.165, 1.54) is 58.2 Å². The van der Waals surface area contributed by atoms with Crippen LogP contribution >= 0.6 is 0 Å². The third-order valence-corrected chi connectivity index (χ3v) is 4.18. The van der Waals surface area contributed by atoms with Crippen LogP contribution in [0.4, 0.5) is 0 Å². The second-order valence-electron chi connectivity index (χ2n) is 5.35. The summed E-state index contributed by atoms with van der Waals surface area (Å²) in [7, 11) is 0. The van der Waals surface area contributed by atoms with Crippen LogP contribution in [0.1, 0.15) is 38.5 Å². The molecule has 0 aromatic heterocycles. The lowest BCUT2D eigenvalue weighted by Gasteiger charge is -2.33. The van der Waals surface area contributed by atoms with Crippen molar-refractivity contribution >= 4 is 0 Å². The van der Waals surface area contributed by atoms with E-state index in [1.807, 2.05) is 0 Å². The molecule has 2 fully saturated rings. The van der Waals surface area contributed by atoms with Gasteiger partial charge in [-0.15, -0.1) is 0 Å². The molecule has 0 radical (unpaired) electrons. The van der Waals surface area contributed by atoms with Crippen LogP contribution in [0, 0.1) is 5.92 Å². The Kier molecular flexibility index (Phi) is 5.07. The highest BCUT2D eigenvalue weighted by atomic mass is 16.3. The molecule has 1 saturated carbocycles. The Labute approximate surface area is 99.2 Å². The molecule has 0 bridgehead atoms. The van der Waals surface area contributed by atoms with Crippen molar-refractivity contribution < 1.29 is 5.11 Å². The number of hydrogen-bond acceptors (Lipinski definition) is 3. The maximum absolute atomic E-state index is 9.17. The van der Waals surface area contributed by atoms with E-state index in [4.69, 9.17) is 0 Å². The third kappa shape index (κ3) is 3.44. The summed E-state index contributed by atoms with van der Waals surface area (Å²) in [5.41, 5.74) is 0. The number of aliphatic hydroxyl groups is 1. The molecule has 1 aliphatic carbocycles. The second kappa shape index (κ2) is 6.58. The van der Waals surface area contributed by atoms with Crippen LogP contribution < -0.4 is 5.32 Å². The average Bonchev–Trinajstić information content (AvgIpc) is 2.83. The predicted molar refractivity (Wildman–Crippen MR) is 66.5 cm³/mol. The molecule has 1 aliphatic heterocycles. The monoisotopic (exact) mass is 226 g/mol. The number of hydrogen-bond donors (Lipinski definition) is 2. The van der Waals surface area contributed by atoms with Gasteiger partial charge in [-0.1, -0.05) is 12.8 Å². The Morgan fingerprint density at radius 2 is 1.75 bits per heavy atom. The van der Waals surface area contributed by atoms with Gasteiger partial charge in [0.05, 0.1) is 6.61 Å². The van der Waals surface area contributed by atoms with Gasteiger partial charge in [0.25, 0.3) is 0 Å². The Hall–Kier alpha value is -0.120. The lowest BCUT2D eigenvalue weighted by Crippen LogP contribution is -2.42. The minimum Gasteiger partial charge on any atom is -0.395 e. The van der Waals surface area contributed by atoms with Gasteiger partial charge in [0.15, 0.2) is 0 Å². The number of aliphatic hydroxyl groups excluding tert-OH is 1. The van der Waals surface area contributed by atoms with Gasteiger partial charge in [-0.05, 0) is 44.7 Å². The van der Waals surface area contributed by atoms with Crippen molar-refractivity contribution in [3.8, 4) is 0 Å². The highest BCUT2D eigenvalue weighted by molar-refractivity contribution is 4.80. The molecule has 2 aliphatic rings. The van der Waals surface area contributed by atoms with Gasteiger partial charge in [0.2, 0.25) is 0 Å². The third-order valence-electron chi connectivity index (χ3n) is 4.18. The Morgan fingerprint density at radius 3 is 2.38 bits per heavy atom. The molecule has 94 valence electrons. The highest BCUT2D eigenvalue weighted by Crippen LogP contribution is 2.25. The first-order chi connectivity index (χ1) is 7.90. The Bertz CT molecular complexity index is 186. The summed E-state index contributed by atoms with van der Waals surface area (Å²) in [6, 6.07) is 0.766. The zero-order chi connectivity index (χ0) is 11.2. The lowest BCUT2D eigenvalue weighted by molar-refractivity contribution is 0.122. The largest absolute Gasteiger partial charge is 0.395 e. The van der Waals surface area contributed by atoms with Gasteiger partial charge in [-0.2, -0.15) is 0 Å². The van der Waals surface area contributed by atoms with Crippen LogP contribution in [0.2, 0.25) is 0 Å². The van der Waals surface area contributed by atoms with E-state index in [-0.39, 0.29) is 0 Å². The molecule has 3 heteroatoms. The minimum absolute atomic E-state index is 0.321. The predicted octanol–water partition coefficient (Wildman–Crippen LogP) is 1.22. The van der Waals surface area contributed by atoms with Crippen molar-refractivity contribution in [3.63, 3.8) is 0 Å². The Balaban J connectivity index is 1.80. The first-order valence-electron chi connectivity index (χ1n) is 6.96. The van der Waals surface area contributed by atoms with Crippen LogP contribution in [0.25, 0.3) is 0 Å². The molecule has 2 N–H and O–H groups in total. The van der Waals surface area contributed by atoms with E-state index < -0.39 is 0 Å². The zero-order valence-corrected chi connectivity index (χ0v) is 10.3. The van der Waals surface area contributed by atoms with E-state index in [1.54, 1.807) is 0 Å². The van der Waals surface area contributed by atoms with Crippen molar-refractivity contribution in [2.24, 2.45) is 5.92 Å². The van der Waals surface area contributed by atoms with Gasteiger partial charge in [-0.25, -0.2) is 0 Å². The van der Waals surface area contributed by atoms with Crippen LogP contribution in [-0.2, 0) is 0 Å². The SMILES string of the molecule is OCCN(CC1CCNCC1)C1CCCC1. The van der Waals surface area contributed by atoms with Crippen molar-refractivity contribution in [2.45, 2.75) is 44.6 Å². The van der Waals surface area contributed by atoms with Crippen molar-refractivity contribution in [3.05, 3.63) is 0 Å². The molecule has 1 saturated heterocycles. The smallest absolute Gasteiger partial charge is 0.0558 e. The molecule has 1 heterocycles. The molecule has 0 amide bonds. The van der Waals surface area contributed by atoms with E-state index in [0.717, 1.165) is 18.5 Å². The number of rotatable bonds is 5. The van der Waals surface area contributed by atoms with Gasteiger partial charge in [0, 0.05) is 19.1 Å². The summed E-state index contributed by atoms with van der Waals surface area (Å²) in [4.78, 5) is 2.56. The fourth-order valence-electron chi connectivity index (χ4n) is 3.22. The molecule has 0 unspecified atom stereocenters. The van der Waals surface area contributed by atoms with Gasteiger partial charge in [0.1, 0.15) is 0 Å². The van der Waals surface area contributed by atoms with Crippen LogP contribution in [0.15, 0.2) is 0 Å². The maximum Gasteiger partial charge on any atom is 0.0558 e. The molecular formula is C13H26N2O. The van der Waals surface area contributed by atoms with Gasteiger partial charge >= 0.3 is 0 Å². The summed E-state index contributed by atoms with van der Waals surface area (Å²) in [6.07, 6.45) is 8.11. The summed E-state index contributed by atoms with van der Waals surface area (Å²) < 4.78 is 0. The van der Waals surface area contributed by atoms with E-state index >= 15 is 0 Å². The van der Waals surface area contributed by atoms with Gasteiger partial charge < -0.3 is 10.4 Å². The molecule has 0 spiro atoms. The van der Waals surface area contributed by atoms with E-state index in [9.17, 15) is 5.11 Å². The topological polar surface area (TPSA) is 35.5 Å². The van der Waals surface area contributed by atoms with Crippen LogP contribution in [0.5, 0.6) is 0 Å². The molecular weight excluding hydrogens is 200 g/mol. The molecule has 0 aromatic carbocycles. The number of piperidine rings is 1. The maximum atomic E-state index is 9.17. The summed E-state index contributed by atoms with van der Waals surface area (Å²) in [5, 5.41) is 12.6. The van der Waals surface area contributed by atoms with Crippen LogP contribution in [-0.4, -0.2) is 48.8 Å². The summed E-state index contributed by atoms with van der Waals surface area (Å²) >= 11 is 0. The lowest BCUT2D eigenvalue weighted by atomic mass is 9.96. The number of nitrogens with one attached hydrogen (secondary N) is 1. The van der Waals surface area contributed by atoms with Crippen molar-refractivity contribution in [1.29, 1.82) is 0 Å². The molecule has 16 heavy (non-hydrogen) atoms. The fourth-order valence-corrected chi connectivity index (χ4v) is 3.22. The zero-order valence-electron chi connectivity index (χ0n) is 10.3. The van der Waals surface area contributed by atoms with Crippen molar-refractivity contribution in [2.75, 3.05) is 32.8 Å². The second-order valence-corrected chi connectivity index (χ2v) is 5.35. The summed E-state index contributed by atoms with van der Waals surface area (Å²) in [5.74, 6) is 0.855. The molecule has 0 atom stereocenters. The van der Waals surface area contributed by atoms with E-state index in [0.29, 0.717) is 6.61 Å². The van der Waals surface area contributed by atoms with E-state index in [2.05, 4.69) is 10.2 Å². The molecule has 2 rings (SSSR count). The normalized spacial score (nSPS) is 24.4. The first kappa shape index (κ1) is 12.3. The Morgan fingerprint density at radius 1 is 1.06 bits per heavy atom. The average molecular weight is 226 g/mol. The standard InChI is InChI=1S/C13H26N2O/c16-10-9-15(13-3-1-2-4-13)11-12-5-7-14-8-6-12/h12-14,16H,1-11H2. The minimum atomic E-state index is 0.321. The van der Waals surface area contributed by atoms with Gasteiger partial charge in [-0.3, -0.25) is 4.90 Å². The number of nitrogens with zero attached hydrogens (tertiary/aromatic N) is 1. The highest BCUT2D eigenvalue weighted by Gasteiger charge is 2.25. The molecule has 0 aromatic rings. The first-order valence-corrected chi connectivity index (χ1v) is 6.96. The molecule has 3 nitrogen and oxygen atoms in total.